The zero-order valence-corrected chi connectivity index (χ0v) is 14.0. The Balaban J connectivity index is 1.83. The largest absolute Gasteiger partial charge is 0.355 e. The molecule has 1 aromatic heterocycles. The molecule has 2 heterocycles. The number of rotatable bonds is 4. The van der Waals surface area contributed by atoms with E-state index in [4.69, 9.17) is 5.73 Å². The van der Waals surface area contributed by atoms with Crippen LogP contribution in [0.2, 0.25) is 0 Å². The highest BCUT2D eigenvalue weighted by Crippen LogP contribution is 2.21. The van der Waals surface area contributed by atoms with E-state index in [1.165, 1.54) is 6.07 Å². The van der Waals surface area contributed by atoms with Crippen molar-refractivity contribution in [3.05, 3.63) is 46.2 Å². The average molecular weight is 342 g/mol. The van der Waals surface area contributed by atoms with Crippen LogP contribution in [0.1, 0.15) is 23.2 Å². The summed E-state index contributed by atoms with van der Waals surface area (Å²) < 4.78 is 0. The number of amides is 2. The van der Waals surface area contributed by atoms with E-state index in [0.717, 1.165) is 12.8 Å². The van der Waals surface area contributed by atoms with E-state index in [1.807, 2.05) is 18.2 Å². The van der Waals surface area contributed by atoms with Crippen molar-refractivity contribution in [1.29, 1.82) is 0 Å². The lowest BCUT2D eigenvalue weighted by Gasteiger charge is -2.32. The first-order valence-corrected chi connectivity index (χ1v) is 8.49. The Morgan fingerprint density at radius 3 is 2.92 bits per heavy atom. The minimum absolute atomic E-state index is 0.0706. The number of aromatic amines is 1. The van der Waals surface area contributed by atoms with E-state index < -0.39 is 0 Å². The number of nitrogens with one attached hydrogen (secondary N) is 2. The van der Waals surface area contributed by atoms with Gasteiger partial charge in [-0.3, -0.25) is 14.4 Å². The molecule has 1 aromatic carbocycles. The van der Waals surface area contributed by atoms with Crippen LogP contribution in [0.25, 0.3) is 10.9 Å². The predicted octanol–water partition coefficient (Wildman–Crippen LogP) is 0.455. The zero-order chi connectivity index (χ0) is 17.8. The van der Waals surface area contributed by atoms with Gasteiger partial charge in [0, 0.05) is 43.1 Å². The summed E-state index contributed by atoms with van der Waals surface area (Å²) in [5.74, 6) is -0.519. The van der Waals surface area contributed by atoms with Crippen LogP contribution < -0.4 is 16.6 Å². The molecule has 4 N–H and O–H groups in total. The van der Waals surface area contributed by atoms with Crippen molar-refractivity contribution >= 4 is 22.7 Å². The van der Waals surface area contributed by atoms with Gasteiger partial charge in [-0.2, -0.15) is 0 Å². The molecule has 2 amide bonds. The van der Waals surface area contributed by atoms with Crippen LogP contribution in [0.15, 0.2) is 35.1 Å². The van der Waals surface area contributed by atoms with Gasteiger partial charge < -0.3 is 20.9 Å². The summed E-state index contributed by atoms with van der Waals surface area (Å²) in [7, 11) is 0. The van der Waals surface area contributed by atoms with Gasteiger partial charge in [0.1, 0.15) is 0 Å². The van der Waals surface area contributed by atoms with E-state index >= 15 is 0 Å². The molecule has 0 saturated carbocycles. The number of hydrogen-bond acceptors (Lipinski definition) is 4. The number of carbonyl (C=O) groups is 2. The number of aromatic nitrogens is 1. The molecule has 7 nitrogen and oxygen atoms in total. The standard InChI is InChI=1S/C18H22N4O3/c19-7-8-20-17(24)12-4-3-9-22(11-12)18(25)14-10-16(23)21-15-6-2-1-5-13(14)15/h1-2,5-6,10,12H,3-4,7-9,11,19H2,(H,20,24)(H,21,23). The van der Waals surface area contributed by atoms with Gasteiger partial charge >= 0.3 is 0 Å². The molecule has 1 aliphatic rings. The number of benzene rings is 1. The molecule has 1 unspecified atom stereocenters. The third-order valence-corrected chi connectivity index (χ3v) is 4.50. The highest BCUT2D eigenvalue weighted by Gasteiger charge is 2.29. The fraction of sp³-hybridized carbons (Fsp3) is 0.389. The Labute approximate surface area is 145 Å². The molecule has 0 aliphatic carbocycles. The van der Waals surface area contributed by atoms with E-state index in [2.05, 4.69) is 10.3 Å². The number of H-pyrrole nitrogens is 1. The molecule has 0 radical (unpaired) electrons. The van der Waals surface area contributed by atoms with Crippen LogP contribution in [-0.4, -0.2) is 47.9 Å². The lowest BCUT2D eigenvalue weighted by atomic mass is 9.96. The molecule has 1 fully saturated rings. The third kappa shape index (κ3) is 3.71. The topological polar surface area (TPSA) is 108 Å². The fourth-order valence-electron chi connectivity index (χ4n) is 3.27. The average Bonchev–Trinajstić information content (AvgIpc) is 2.64. The van der Waals surface area contributed by atoms with E-state index in [0.29, 0.717) is 42.6 Å². The smallest absolute Gasteiger partial charge is 0.254 e. The molecule has 2 aromatic rings. The minimum atomic E-state index is -0.309. The summed E-state index contributed by atoms with van der Waals surface area (Å²) in [6.07, 6.45) is 1.50. The molecule has 3 rings (SSSR count). The number of para-hydroxylation sites is 1. The van der Waals surface area contributed by atoms with Crippen molar-refractivity contribution in [2.75, 3.05) is 26.2 Å². The molecule has 1 saturated heterocycles. The Morgan fingerprint density at radius 2 is 2.12 bits per heavy atom. The summed E-state index contributed by atoms with van der Waals surface area (Å²) in [5, 5.41) is 3.49. The highest BCUT2D eigenvalue weighted by molar-refractivity contribution is 6.06. The van der Waals surface area contributed by atoms with Crippen LogP contribution in [0.4, 0.5) is 0 Å². The summed E-state index contributed by atoms with van der Waals surface area (Å²) in [4.78, 5) is 41.4. The van der Waals surface area contributed by atoms with Gasteiger partial charge in [0.2, 0.25) is 11.5 Å². The van der Waals surface area contributed by atoms with Gasteiger partial charge in [-0.25, -0.2) is 0 Å². The molecule has 0 bridgehead atoms. The van der Waals surface area contributed by atoms with Crippen LogP contribution in [0.3, 0.4) is 0 Å². The summed E-state index contributed by atoms with van der Waals surface area (Å²) >= 11 is 0. The Morgan fingerprint density at radius 1 is 1.32 bits per heavy atom. The van der Waals surface area contributed by atoms with Crippen molar-refractivity contribution in [3.63, 3.8) is 0 Å². The molecular weight excluding hydrogens is 320 g/mol. The third-order valence-electron chi connectivity index (χ3n) is 4.50. The highest BCUT2D eigenvalue weighted by atomic mass is 16.2. The second-order valence-corrected chi connectivity index (χ2v) is 6.26. The molecule has 25 heavy (non-hydrogen) atoms. The number of fused-ring (bicyclic) bond motifs is 1. The minimum Gasteiger partial charge on any atom is -0.355 e. The maximum atomic E-state index is 13.0. The zero-order valence-electron chi connectivity index (χ0n) is 14.0. The summed E-state index contributed by atoms with van der Waals surface area (Å²) in [5.41, 5.74) is 6.11. The number of carbonyl (C=O) groups excluding carboxylic acids is 2. The van der Waals surface area contributed by atoms with Gasteiger partial charge in [0.25, 0.3) is 5.91 Å². The number of pyridine rings is 1. The molecule has 132 valence electrons. The predicted molar refractivity (Wildman–Crippen MR) is 95.3 cm³/mol. The van der Waals surface area contributed by atoms with Gasteiger partial charge in [0.05, 0.1) is 11.5 Å². The molecule has 1 atom stereocenters. The fourth-order valence-corrected chi connectivity index (χ4v) is 3.27. The molecular formula is C18H22N4O3. The molecule has 7 heteroatoms. The van der Waals surface area contributed by atoms with E-state index in [-0.39, 0.29) is 23.3 Å². The maximum absolute atomic E-state index is 13.0. The quantitative estimate of drug-likeness (QED) is 0.750. The monoisotopic (exact) mass is 342 g/mol. The van der Waals surface area contributed by atoms with Gasteiger partial charge in [-0.1, -0.05) is 18.2 Å². The van der Waals surface area contributed by atoms with Crippen molar-refractivity contribution in [2.45, 2.75) is 12.8 Å². The summed E-state index contributed by atoms with van der Waals surface area (Å²) in [6, 6.07) is 8.56. The number of nitrogens with zero attached hydrogens (tertiary/aromatic N) is 1. The number of nitrogens with two attached hydrogens (primary N) is 1. The first kappa shape index (κ1) is 17.2. The van der Waals surface area contributed by atoms with Crippen molar-refractivity contribution in [1.82, 2.24) is 15.2 Å². The lowest BCUT2D eigenvalue weighted by Crippen LogP contribution is -2.46. The van der Waals surface area contributed by atoms with E-state index in [9.17, 15) is 14.4 Å². The number of likely N-dealkylation sites (tertiary alicyclic amines) is 1. The SMILES string of the molecule is NCCNC(=O)C1CCCN(C(=O)c2cc(=O)[nH]c3ccccc23)C1. The van der Waals surface area contributed by atoms with Crippen LogP contribution in [-0.2, 0) is 4.79 Å². The second-order valence-electron chi connectivity index (χ2n) is 6.26. The first-order chi connectivity index (χ1) is 12.1. The second kappa shape index (κ2) is 7.48. The van der Waals surface area contributed by atoms with Gasteiger partial charge in [0.15, 0.2) is 0 Å². The van der Waals surface area contributed by atoms with Crippen LogP contribution >= 0.6 is 0 Å². The van der Waals surface area contributed by atoms with Crippen molar-refractivity contribution < 1.29 is 9.59 Å². The van der Waals surface area contributed by atoms with E-state index in [1.54, 1.807) is 11.0 Å². The Bertz CT molecular complexity index is 846. The normalized spacial score (nSPS) is 17.5. The number of hydrogen-bond donors (Lipinski definition) is 3. The molecule has 1 aliphatic heterocycles. The van der Waals surface area contributed by atoms with Crippen LogP contribution in [0.5, 0.6) is 0 Å². The Kier molecular flexibility index (Phi) is 5.14. The number of piperidine rings is 1. The maximum Gasteiger partial charge on any atom is 0.254 e. The van der Waals surface area contributed by atoms with Gasteiger partial charge in [-0.05, 0) is 18.9 Å². The lowest BCUT2D eigenvalue weighted by molar-refractivity contribution is -0.126. The molecule has 0 spiro atoms. The Hall–Kier alpha value is -2.67. The summed E-state index contributed by atoms with van der Waals surface area (Å²) in [6.45, 7) is 1.76. The van der Waals surface area contributed by atoms with Crippen molar-refractivity contribution in [2.24, 2.45) is 11.7 Å². The van der Waals surface area contributed by atoms with Crippen LogP contribution in [0, 0.1) is 5.92 Å². The van der Waals surface area contributed by atoms with Crippen molar-refractivity contribution in [3.8, 4) is 0 Å². The van der Waals surface area contributed by atoms with Gasteiger partial charge in [-0.15, -0.1) is 0 Å². The first-order valence-electron chi connectivity index (χ1n) is 8.49.